The Balaban J connectivity index is 1.57. The van der Waals surface area contributed by atoms with Gasteiger partial charge in [0.25, 0.3) is 5.91 Å². The van der Waals surface area contributed by atoms with Gasteiger partial charge in [-0.2, -0.15) is 4.31 Å². The van der Waals surface area contributed by atoms with E-state index < -0.39 is 10.0 Å². The van der Waals surface area contributed by atoms with Crippen LogP contribution in [0.2, 0.25) is 5.02 Å². The molecule has 0 unspecified atom stereocenters. The molecule has 0 bridgehead atoms. The number of benzene rings is 2. The van der Waals surface area contributed by atoms with Crippen LogP contribution in [0.25, 0.3) is 0 Å². The molecule has 0 atom stereocenters. The average Bonchev–Trinajstić information content (AvgIpc) is 2.71. The highest BCUT2D eigenvalue weighted by Gasteiger charge is 2.25. The molecule has 6 nitrogen and oxygen atoms in total. The van der Waals surface area contributed by atoms with Crippen molar-refractivity contribution < 1.29 is 13.2 Å². The Morgan fingerprint density at radius 3 is 2.34 bits per heavy atom. The summed E-state index contributed by atoms with van der Waals surface area (Å²) in [5.41, 5.74) is 3.31. The maximum atomic E-state index is 12.5. The highest BCUT2D eigenvalue weighted by atomic mass is 35.5. The third-order valence-electron chi connectivity index (χ3n) is 5.16. The Morgan fingerprint density at radius 2 is 1.72 bits per heavy atom. The lowest BCUT2D eigenvalue weighted by Gasteiger charge is -2.33. The summed E-state index contributed by atoms with van der Waals surface area (Å²) in [4.78, 5) is 14.7. The van der Waals surface area contributed by atoms with Crippen molar-refractivity contribution in [3.63, 3.8) is 0 Å². The summed E-state index contributed by atoms with van der Waals surface area (Å²) in [5.74, 6) is -0.0362. The van der Waals surface area contributed by atoms with Crippen LogP contribution in [-0.2, 0) is 16.6 Å². The summed E-state index contributed by atoms with van der Waals surface area (Å²) < 4.78 is 25.5. The van der Waals surface area contributed by atoms with Crippen LogP contribution in [0.5, 0.6) is 0 Å². The van der Waals surface area contributed by atoms with Gasteiger partial charge >= 0.3 is 0 Å². The first-order chi connectivity index (χ1) is 13.8. The van der Waals surface area contributed by atoms with E-state index in [-0.39, 0.29) is 11.7 Å². The molecular weight excluding hydrogens is 410 g/mol. The van der Waals surface area contributed by atoms with Gasteiger partial charge in [0.05, 0.1) is 5.75 Å². The number of rotatable bonds is 6. The zero-order valence-electron chi connectivity index (χ0n) is 16.7. The Kier molecular flexibility index (Phi) is 6.95. The number of amides is 1. The van der Waals surface area contributed by atoms with E-state index in [1.807, 2.05) is 37.3 Å². The molecule has 1 fully saturated rings. The van der Waals surface area contributed by atoms with E-state index in [0.29, 0.717) is 42.5 Å². The van der Waals surface area contributed by atoms with Crippen molar-refractivity contribution in [3.8, 4) is 0 Å². The maximum Gasteiger partial charge on any atom is 0.255 e. The second-order valence-electron chi connectivity index (χ2n) is 7.19. The van der Waals surface area contributed by atoms with E-state index >= 15 is 0 Å². The van der Waals surface area contributed by atoms with Crippen LogP contribution in [-0.4, -0.2) is 55.5 Å². The van der Waals surface area contributed by atoms with E-state index in [0.717, 1.165) is 17.7 Å². The van der Waals surface area contributed by atoms with E-state index in [1.165, 1.54) is 0 Å². The highest BCUT2D eigenvalue weighted by molar-refractivity contribution is 7.89. The van der Waals surface area contributed by atoms with Gasteiger partial charge in [-0.25, -0.2) is 8.42 Å². The summed E-state index contributed by atoms with van der Waals surface area (Å²) in [6.07, 6.45) is 0. The molecule has 29 heavy (non-hydrogen) atoms. The second kappa shape index (κ2) is 9.26. The molecule has 2 aromatic rings. The number of hydrogen-bond acceptors (Lipinski definition) is 4. The van der Waals surface area contributed by atoms with Crippen molar-refractivity contribution in [1.82, 2.24) is 9.21 Å². The summed E-state index contributed by atoms with van der Waals surface area (Å²) in [5, 5.41) is 3.47. The van der Waals surface area contributed by atoms with E-state index in [9.17, 15) is 13.2 Å². The summed E-state index contributed by atoms with van der Waals surface area (Å²) in [6.45, 7) is 6.78. The summed E-state index contributed by atoms with van der Waals surface area (Å²) >= 11 is 6.01. The average molecular weight is 436 g/mol. The van der Waals surface area contributed by atoms with Gasteiger partial charge in [-0.1, -0.05) is 29.8 Å². The van der Waals surface area contributed by atoms with Crippen LogP contribution in [0.3, 0.4) is 0 Å². The third-order valence-corrected chi connectivity index (χ3v) is 7.28. The van der Waals surface area contributed by atoms with Crippen LogP contribution in [0, 0.1) is 6.92 Å². The number of aryl methyl sites for hydroxylation is 1. The molecule has 0 saturated carbocycles. The summed E-state index contributed by atoms with van der Waals surface area (Å²) in [7, 11) is -3.11. The number of nitrogens with zero attached hydrogens (tertiary/aromatic N) is 2. The van der Waals surface area contributed by atoms with Crippen LogP contribution < -0.4 is 5.32 Å². The molecule has 1 amide bonds. The van der Waals surface area contributed by atoms with Gasteiger partial charge in [0.1, 0.15) is 0 Å². The fourth-order valence-electron chi connectivity index (χ4n) is 3.29. The van der Waals surface area contributed by atoms with Crippen LogP contribution >= 0.6 is 11.6 Å². The fraction of sp³-hybridized carbons (Fsp3) is 0.381. The van der Waals surface area contributed by atoms with Crippen molar-refractivity contribution >= 4 is 33.2 Å². The van der Waals surface area contributed by atoms with Crippen LogP contribution in [0.1, 0.15) is 28.4 Å². The van der Waals surface area contributed by atoms with E-state index in [1.54, 1.807) is 23.4 Å². The lowest BCUT2D eigenvalue weighted by atomic mass is 10.1. The van der Waals surface area contributed by atoms with Gasteiger partial charge in [0, 0.05) is 49.0 Å². The number of piperazine rings is 1. The number of carbonyl (C=O) groups excluding carboxylic acids is 1. The van der Waals surface area contributed by atoms with Crippen LogP contribution in [0.15, 0.2) is 42.5 Å². The Hall–Kier alpha value is -1.93. The van der Waals surface area contributed by atoms with Crippen molar-refractivity contribution in [2.75, 3.05) is 37.2 Å². The molecule has 156 valence electrons. The molecule has 1 aliphatic rings. The Labute approximate surface area is 177 Å². The lowest BCUT2D eigenvalue weighted by Crippen LogP contribution is -2.48. The standard InChI is InChI=1S/C21H26ClN3O3S/c1-3-29(27,28)25-12-10-24(11-13-25)15-17-5-7-18(8-6-17)21(26)23-20-14-19(22)9-4-16(20)2/h4-9,14H,3,10-13,15H2,1-2H3,(H,23,26). The number of carbonyl (C=O) groups is 1. The zero-order chi connectivity index (χ0) is 21.0. The molecular formula is C21H26ClN3O3S. The van der Waals surface area contributed by atoms with Gasteiger partial charge in [-0.15, -0.1) is 0 Å². The minimum Gasteiger partial charge on any atom is -0.322 e. The van der Waals surface area contributed by atoms with Crippen LogP contribution in [0.4, 0.5) is 5.69 Å². The molecule has 1 saturated heterocycles. The van der Waals surface area contributed by atoms with Gasteiger partial charge in [-0.05, 0) is 49.2 Å². The fourth-order valence-corrected chi connectivity index (χ4v) is 4.55. The highest BCUT2D eigenvalue weighted by Crippen LogP contribution is 2.21. The lowest BCUT2D eigenvalue weighted by molar-refractivity contribution is 0.102. The van der Waals surface area contributed by atoms with Crippen molar-refractivity contribution in [2.24, 2.45) is 0 Å². The van der Waals surface area contributed by atoms with Gasteiger partial charge in [-0.3, -0.25) is 9.69 Å². The van der Waals surface area contributed by atoms with E-state index in [2.05, 4.69) is 10.2 Å². The SMILES string of the molecule is CCS(=O)(=O)N1CCN(Cc2ccc(C(=O)Nc3cc(Cl)ccc3C)cc2)CC1. The predicted octanol–water partition coefficient (Wildman–Crippen LogP) is 3.37. The maximum absolute atomic E-state index is 12.5. The van der Waals surface area contributed by atoms with Gasteiger partial charge < -0.3 is 5.32 Å². The zero-order valence-corrected chi connectivity index (χ0v) is 18.3. The molecule has 8 heteroatoms. The predicted molar refractivity (Wildman–Crippen MR) is 117 cm³/mol. The number of hydrogen-bond donors (Lipinski definition) is 1. The smallest absolute Gasteiger partial charge is 0.255 e. The minimum absolute atomic E-state index is 0.144. The molecule has 3 rings (SSSR count). The number of sulfonamides is 1. The second-order valence-corrected chi connectivity index (χ2v) is 9.88. The summed E-state index contributed by atoms with van der Waals surface area (Å²) in [6, 6.07) is 12.9. The topological polar surface area (TPSA) is 69.7 Å². The first kappa shape index (κ1) is 21.8. The largest absolute Gasteiger partial charge is 0.322 e. The molecule has 1 N–H and O–H groups in total. The first-order valence-electron chi connectivity index (χ1n) is 9.65. The minimum atomic E-state index is -3.11. The quantitative estimate of drug-likeness (QED) is 0.755. The Morgan fingerprint density at radius 1 is 1.07 bits per heavy atom. The molecule has 0 radical (unpaired) electrons. The van der Waals surface area contributed by atoms with E-state index in [4.69, 9.17) is 11.6 Å². The van der Waals surface area contributed by atoms with Gasteiger partial charge in [0.2, 0.25) is 10.0 Å². The molecule has 0 spiro atoms. The molecule has 1 heterocycles. The monoisotopic (exact) mass is 435 g/mol. The molecule has 0 aromatic heterocycles. The first-order valence-corrected chi connectivity index (χ1v) is 11.6. The molecule has 0 aliphatic carbocycles. The van der Waals surface area contributed by atoms with Gasteiger partial charge in [0.15, 0.2) is 0 Å². The number of nitrogens with one attached hydrogen (secondary N) is 1. The molecule has 1 aliphatic heterocycles. The van der Waals surface area contributed by atoms with Crippen molar-refractivity contribution in [1.29, 1.82) is 0 Å². The van der Waals surface area contributed by atoms with Crippen molar-refractivity contribution in [3.05, 3.63) is 64.2 Å². The van der Waals surface area contributed by atoms with Crippen molar-refractivity contribution in [2.45, 2.75) is 20.4 Å². The third kappa shape index (κ3) is 5.57. The normalized spacial score (nSPS) is 16.0. The molecule has 2 aromatic carbocycles. The number of anilines is 1. The number of halogens is 1. The Bertz CT molecular complexity index is 969.